The van der Waals surface area contributed by atoms with Crippen LogP contribution in [0, 0.1) is 11.8 Å². The van der Waals surface area contributed by atoms with Gasteiger partial charge in [0.15, 0.2) is 0 Å². The van der Waals surface area contributed by atoms with Crippen molar-refractivity contribution in [3.63, 3.8) is 0 Å². The van der Waals surface area contributed by atoms with Crippen LogP contribution in [0.25, 0.3) is 0 Å². The van der Waals surface area contributed by atoms with Crippen molar-refractivity contribution in [2.75, 3.05) is 39.3 Å². The first-order chi connectivity index (χ1) is 17.3. The minimum absolute atomic E-state index is 0.0176. The van der Waals surface area contributed by atoms with Gasteiger partial charge < -0.3 is 19.8 Å². The molecule has 2 bridgehead atoms. The molecular formula is C28H45N3O4S. The SMILES string of the molecule is C=CCN(CCCC)C(=O)C1N(CCCCO)C(=O)[C@@H]2[C@H](C(=O)N(CC=C)CCC)[C@]3(C)CCC12S3. The minimum atomic E-state index is -0.597. The summed E-state index contributed by atoms with van der Waals surface area (Å²) in [4.78, 5) is 47.7. The van der Waals surface area contributed by atoms with Gasteiger partial charge in [0.05, 0.1) is 16.6 Å². The molecular weight excluding hydrogens is 474 g/mol. The molecule has 36 heavy (non-hydrogen) atoms. The standard InChI is InChI=1S/C28H45N3O4S/c1-6-10-18-30(17-9-4)26(35)23-28-14-13-27(5,36-28)21(24(33)29(15-7-2)16-8-3)22(28)25(34)31(23)19-11-12-20-32/h7,9,21-23,32H,2,4,6,8,10-20H2,1,3,5H3/t21-,22+,23?,27+,28?/m1/s1. The molecule has 3 heterocycles. The molecule has 1 N–H and O–H groups in total. The molecule has 0 aliphatic carbocycles. The second-order valence-electron chi connectivity index (χ2n) is 10.7. The molecule has 3 rings (SSSR count). The molecule has 3 saturated heterocycles. The maximum Gasteiger partial charge on any atom is 0.247 e. The Balaban J connectivity index is 2.04. The maximum atomic E-state index is 14.2. The van der Waals surface area contributed by atoms with E-state index in [0.717, 1.165) is 32.1 Å². The van der Waals surface area contributed by atoms with Crippen molar-refractivity contribution < 1.29 is 19.5 Å². The van der Waals surface area contributed by atoms with E-state index < -0.39 is 22.6 Å². The zero-order valence-corrected chi connectivity index (χ0v) is 23.2. The monoisotopic (exact) mass is 519 g/mol. The van der Waals surface area contributed by atoms with Gasteiger partial charge in [-0.3, -0.25) is 14.4 Å². The normalized spacial score (nSPS) is 30.4. The van der Waals surface area contributed by atoms with E-state index >= 15 is 0 Å². The van der Waals surface area contributed by atoms with Gasteiger partial charge >= 0.3 is 0 Å². The first-order valence-electron chi connectivity index (χ1n) is 13.7. The molecule has 3 amide bonds. The fourth-order valence-electron chi connectivity index (χ4n) is 6.60. The predicted molar refractivity (Wildman–Crippen MR) is 146 cm³/mol. The van der Waals surface area contributed by atoms with Crippen molar-refractivity contribution >= 4 is 29.5 Å². The van der Waals surface area contributed by atoms with Crippen LogP contribution in [-0.2, 0) is 14.4 Å². The predicted octanol–water partition coefficient (Wildman–Crippen LogP) is 3.48. The summed E-state index contributed by atoms with van der Waals surface area (Å²) in [6, 6.07) is -0.589. The highest BCUT2D eigenvalue weighted by Crippen LogP contribution is 2.71. The number of nitrogens with zero attached hydrogens (tertiary/aromatic N) is 3. The molecule has 3 aliphatic rings. The number of rotatable bonds is 15. The van der Waals surface area contributed by atoms with Gasteiger partial charge in [-0.1, -0.05) is 32.4 Å². The van der Waals surface area contributed by atoms with E-state index in [9.17, 15) is 19.5 Å². The fourth-order valence-corrected chi connectivity index (χ4v) is 8.94. The quantitative estimate of drug-likeness (QED) is 0.265. The molecule has 0 aromatic carbocycles. The third kappa shape index (κ3) is 5.00. The topological polar surface area (TPSA) is 81.2 Å². The summed E-state index contributed by atoms with van der Waals surface area (Å²) < 4.78 is -0.965. The van der Waals surface area contributed by atoms with Crippen LogP contribution in [0.5, 0.6) is 0 Å². The highest BCUT2D eigenvalue weighted by Gasteiger charge is 2.77. The Bertz CT molecular complexity index is 851. The maximum absolute atomic E-state index is 14.2. The minimum Gasteiger partial charge on any atom is -0.396 e. The molecule has 3 fully saturated rings. The number of hydrogen-bond acceptors (Lipinski definition) is 5. The van der Waals surface area contributed by atoms with Crippen LogP contribution in [0.2, 0.25) is 0 Å². The molecule has 7 nitrogen and oxygen atoms in total. The van der Waals surface area contributed by atoms with Crippen LogP contribution in [0.4, 0.5) is 0 Å². The zero-order valence-electron chi connectivity index (χ0n) is 22.4. The van der Waals surface area contributed by atoms with Crippen molar-refractivity contribution in [3.8, 4) is 0 Å². The van der Waals surface area contributed by atoms with Gasteiger partial charge in [0.25, 0.3) is 0 Å². The molecule has 8 heteroatoms. The lowest BCUT2D eigenvalue weighted by Gasteiger charge is -2.38. The smallest absolute Gasteiger partial charge is 0.247 e. The van der Waals surface area contributed by atoms with E-state index in [0.29, 0.717) is 45.6 Å². The Morgan fingerprint density at radius 2 is 1.72 bits per heavy atom. The highest BCUT2D eigenvalue weighted by atomic mass is 32.2. The van der Waals surface area contributed by atoms with Crippen LogP contribution in [-0.4, -0.2) is 92.4 Å². The van der Waals surface area contributed by atoms with Crippen molar-refractivity contribution in [2.24, 2.45) is 11.8 Å². The summed E-state index contributed by atoms with van der Waals surface area (Å²) in [6.45, 7) is 16.6. The van der Waals surface area contributed by atoms with Crippen molar-refractivity contribution in [1.82, 2.24) is 14.7 Å². The Hall–Kier alpha value is -1.80. The van der Waals surface area contributed by atoms with Crippen LogP contribution < -0.4 is 0 Å². The number of amides is 3. The number of likely N-dealkylation sites (tertiary alicyclic amines) is 1. The lowest BCUT2D eigenvalue weighted by atomic mass is 9.66. The van der Waals surface area contributed by atoms with E-state index in [-0.39, 0.29) is 29.1 Å². The van der Waals surface area contributed by atoms with Crippen molar-refractivity contribution in [2.45, 2.75) is 81.3 Å². The molecule has 0 saturated carbocycles. The molecule has 0 radical (unpaired) electrons. The summed E-state index contributed by atoms with van der Waals surface area (Å²) >= 11 is 1.73. The van der Waals surface area contributed by atoms with Crippen molar-refractivity contribution in [1.29, 1.82) is 0 Å². The van der Waals surface area contributed by atoms with Gasteiger partial charge in [0, 0.05) is 44.1 Å². The van der Waals surface area contributed by atoms with E-state index in [2.05, 4.69) is 27.0 Å². The first-order valence-corrected chi connectivity index (χ1v) is 14.5. The van der Waals surface area contributed by atoms with Crippen molar-refractivity contribution in [3.05, 3.63) is 25.3 Å². The Labute approximate surface area is 221 Å². The van der Waals surface area contributed by atoms with E-state index in [1.165, 1.54) is 0 Å². The Morgan fingerprint density at radius 1 is 1.06 bits per heavy atom. The van der Waals surface area contributed by atoms with Gasteiger partial charge in [0.1, 0.15) is 6.04 Å². The van der Waals surface area contributed by atoms with Crippen LogP contribution >= 0.6 is 11.8 Å². The molecule has 2 unspecified atom stereocenters. The van der Waals surface area contributed by atoms with E-state index in [1.54, 1.807) is 28.8 Å². The number of unbranched alkanes of at least 4 members (excludes halogenated alkanes) is 2. The molecule has 0 aromatic heterocycles. The third-order valence-corrected chi connectivity index (χ3v) is 10.2. The average molecular weight is 520 g/mol. The van der Waals surface area contributed by atoms with E-state index in [4.69, 9.17) is 0 Å². The lowest BCUT2D eigenvalue weighted by Crippen LogP contribution is -2.55. The molecule has 1 spiro atoms. The number of aliphatic hydroxyl groups excluding tert-OH is 1. The summed E-state index contributed by atoms with van der Waals surface area (Å²) in [5.74, 6) is -1.02. The Kier molecular flexibility index (Phi) is 9.72. The average Bonchev–Trinajstić information content (AvgIpc) is 3.42. The van der Waals surface area contributed by atoms with E-state index in [1.807, 2.05) is 16.7 Å². The third-order valence-electron chi connectivity index (χ3n) is 8.18. The number of fused-ring (bicyclic) bond motifs is 1. The van der Waals surface area contributed by atoms with Crippen LogP contribution in [0.1, 0.15) is 65.7 Å². The Morgan fingerprint density at radius 3 is 2.31 bits per heavy atom. The molecule has 3 aliphatic heterocycles. The van der Waals surface area contributed by atoms with Crippen LogP contribution in [0.15, 0.2) is 25.3 Å². The van der Waals surface area contributed by atoms with Gasteiger partial charge in [-0.05, 0) is 45.4 Å². The van der Waals surface area contributed by atoms with Crippen LogP contribution in [0.3, 0.4) is 0 Å². The molecule has 0 aromatic rings. The number of hydrogen-bond donors (Lipinski definition) is 1. The number of aliphatic hydroxyl groups is 1. The number of carbonyl (C=O) groups excluding carboxylic acids is 3. The van der Waals surface area contributed by atoms with Gasteiger partial charge in [-0.2, -0.15) is 0 Å². The second kappa shape index (κ2) is 12.2. The summed E-state index contributed by atoms with van der Waals surface area (Å²) in [5, 5.41) is 9.36. The first kappa shape index (κ1) is 28.8. The van der Waals surface area contributed by atoms with Gasteiger partial charge in [-0.15, -0.1) is 24.9 Å². The summed E-state index contributed by atoms with van der Waals surface area (Å²) in [5.41, 5.74) is 0. The largest absolute Gasteiger partial charge is 0.396 e. The molecule has 5 atom stereocenters. The summed E-state index contributed by atoms with van der Waals surface area (Å²) in [7, 11) is 0. The number of carbonyl (C=O) groups is 3. The highest BCUT2D eigenvalue weighted by molar-refractivity contribution is 8.02. The number of thioether (sulfide) groups is 1. The zero-order chi connectivity index (χ0) is 26.5. The lowest BCUT2D eigenvalue weighted by molar-refractivity contribution is -0.145. The van der Waals surface area contributed by atoms with Gasteiger partial charge in [0.2, 0.25) is 17.7 Å². The van der Waals surface area contributed by atoms with Gasteiger partial charge in [-0.25, -0.2) is 0 Å². The second-order valence-corrected chi connectivity index (χ2v) is 12.6. The molecule has 202 valence electrons. The fraction of sp³-hybridized carbons (Fsp3) is 0.750. The summed E-state index contributed by atoms with van der Waals surface area (Å²) in [6.07, 6.45) is 8.97.